The second-order valence-corrected chi connectivity index (χ2v) is 6.13. The van der Waals surface area contributed by atoms with Crippen molar-refractivity contribution in [1.82, 2.24) is 4.98 Å². The summed E-state index contributed by atoms with van der Waals surface area (Å²) < 4.78 is 5.31. The van der Waals surface area contributed by atoms with Gasteiger partial charge in [-0.3, -0.25) is 0 Å². The van der Waals surface area contributed by atoms with Gasteiger partial charge < -0.3 is 15.0 Å². The lowest BCUT2D eigenvalue weighted by Crippen LogP contribution is -2.07. The van der Waals surface area contributed by atoms with E-state index in [4.69, 9.17) is 16.3 Å². The number of thiazole rings is 1. The number of nitrogens with zero attached hydrogens (tertiary/aromatic N) is 2. The molecule has 1 aromatic heterocycles. The molecule has 0 fully saturated rings. The highest BCUT2D eigenvalue weighted by atomic mass is 35.5. The number of hydrogen-bond donors (Lipinski definition) is 1. The maximum atomic E-state index is 6.21. The monoisotopic (exact) mass is 311 g/mol. The van der Waals surface area contributed by atoms with Crippen molar-refractivity contribution in [1.29, 1.82) is 0 Å². The van der Waals surface area contributed by atoms with Gasteiger partial charge in [-0.05, 0) is 24.6 Å². The first-order valence-corrected chi connectivity index (χ1v) is 7.41. The van der Waals surface area contributed by atoms with Gasteiger partial charge in [0.15, 0.2) is 5.13 Å². The molecular weight excluding hydrogens is 294 g/mol. The molecule has 0 saturated heterocycles. The van der Waals surface area contributed by atoms with Gasteiger partial charge in [-0.2, -0.15) is 4.98 Å². The molecule has 2 rings (SSSR count). The Hall–Kier alpha value is -1.46. The minimum absolute atomic E-state index is 0.636. The summed E-state index contributed by atoms with van der Waals surface area (Å²) >= 11 is 7.82. The molecule has 20 heavy (non-hydrogen) atoms. The number of aryl methyl sites for hydroxylation is 1. The van der Waals surface area contributed by atoms with Crippen LogP contribution in [0.4, 0.5) is 10.8 Å². The van der Waals surface area contributed by atoms with Crippen LogP contribution in [0.3, 0.4) is 0 Å². The zero-order chi connectivity index (χ0) is 14.7. The number of nitrogens with one attached hydrogen (secondary N) is 1. The number of halogens is 1. The first-order valence-electron chi connectivity index (χ1n) is 6.22. The van der Waals surface area contributed by atoms with Crippen molar-refractivity contribution < 1.29 is 4.74 Å². The van der Waals surface area contributed by atoms with Crippen molar-refractivity contribution >= 4 is 33.8 Å². The van der Waals surface area contributed by atoms with Gasteiger partial charge in [-0.15, -0.1) is 0 Å². The third-order valence-corrected chi connectivity index (χ3v) is 4.31. The molecule has 0 amide bonds. The lowest BCUT2D eigenvalue weighted by molar-refractivity contribution is 0.397. The minimum atomic E-state index is 0.636. The molecule has 2 aromatic rings. The summed E-state index contributed by atoms with van der Waals surface area (Å²) in [6, 6.07) is 5.96. The largest absolute Gasteiger partial charge is 0.480 e. The van der Waals surface area contributed by atoms with Gasteiger partial charge >= 0.3 is 0 Å². The Morgan fingerprint density at radius 2 is 2.15 bits per heavy atom. The van der Waals surface area contributed by atoms with Gasteiger partial charge in [0.25, 0.3) is 0 Å². The molecule has 0 aliphatic rings. The van der Waals surface area contributed by atoms with Gasteiger partial charge in [0.1, 0.15) is 0 Å². The minimum Gasteiger partial charge on any atom is -0.480 e. The highest BCUT2D eigenvalue weighted by Crippen LogP contribution is 2.32. The molecule has 0 radical (unpaired) electrons. The second-order valence-electron chi connectivity index (χ2n) is 4.66. The fraction of sp³-hybridized carbons (Fsp3) is 0.357. The van der Waals surface area contributed by atoms with Gasteiger partial charge in [0.05, 0.1) is 29.2 Å². The van der Waals surface area contributed by atoms with E-state index in [1.807, 2.05) is 44.1 Å². The Bertz CT molecular complexity index is 598. The third-order valence-electron chi connectivity index (χ3n) is 2.79. The van der Waals surface area contributed by atoms with E-state index in [9.17, 15) is 0 Å². The average molecular weight is 312 g/mol. The lowest BCUT2D eigenvalue weighted by Gasteiger charge is -2.08. The van der Waals surface area contributed by atoms with Gasteiger partial charge in [-0.1, -0.05) is 29.0 Å². The van der Waals surface area contributed by atoms with E-state index >= 15 is 0 Å². The number of benzene rings is 1. The Kier molecular flexibility index (Phi) is 4.73. The maximum absolute atomic E-state index is 6.21. The molecule has 4 nitrogen and oxygen atoms in total. The van der Waals surface area contributed by atoms with Crippen LogP contribution in [0.15, 0.2) is 18.2 Å². The fourth-order valence-electron chi connectivity index (χ4n) is 1.73. The summed E-state index contributed by atoms with van der Waals surface area (Å²) in [5.41, 5.74) is 2.06. The van der Waals surface area contributed by atoms with Crippen LogP contribution >= 0.6 is 22.9 Å². The molecule has 0 saturated carbocycles. The van der Waals surface area contributed by atoms with E-state index in [1.54, 1.807) is 18.4 Å². The number of methoxy groups -OCH3 is 1. The number of rotatable bonds is 5. The maximum Gasteiger partial charge on any atom is 0.231 e. The Morgan fingerprint density at radius 3 is 2.75 bits per heavy atom. The van der Waals surface area contributed by atoms with Crippen LogP contribution in [0, 0.1) is 6.92 Å². The van der Waals surface area contributed by atoms with Crippen LogP contribution in [0.1, 0.15) is 10.4 Å². The summed E-state index contributed by atoms with van der Waals surface area (Å²) in [6.07, 6.45) is 0. The van der Waals surface area contributed by atoms with Crippen molar-refractivity contribution in [2.75, 3.05) is 31.4 Å². The summed E-state index contributed by atoms with van der Waals surface area (Å²) in [6.45, 7) is 2.66. The number of ether oxygens (including phenoxy) is 1. The fourth-order valence-corrected chi connectivity index (χ4v) is 2.92. The van der Waals surface area contributed by atoms with Crippen LogP contribution in [0.25, 0.3) is 0 Å². The summed E-state index contributed by atoms with van der Waals surface area (Å²) in [5.74, 6) is 0.662. The highest BCUT2D eigenvalue weighted by molar-refractivity contribution is 7.15. The quantitative estimate of drug-likeness (QED) is 0.911. The van der Waals surface area contributed by atoms with Crippen LogP contribution in [0.2, 0.25) is 5.02 Å². The smallest absolute Gasteiger partial charge is 0.231 e. The van der Waals surface area contributed by atoms with E-state index in [0.29, 0.717) is 12.4 Å². The van der Waals surface area contributed by atoms with Gasteiger partial charge in [0, 0.05) is 14.1 Å². The van der Waals surface area contributed by atoms with E-state index in [1.165, 1.54) is 0 Å². The van der Waals surface area contributed by atoms with Gasteiger partial charge in [-0.25, -0.2) is 0 Å². The van der Waals surface area contributed by atoms with E-state index in [2.05, 4.69) is 10.3 Å². The topological polar surface area (TPSA) is 37.4 Å². The Morgan fingerprint density at radius 1 is 1.40 bits per heavy atom. The average Bonchev–Trinajstić information content (AvgIpc) is 2.81. The van der Waals surface area contributed by atoms with Crippen molar-refractivity contribution in [3.63, 3.8) is 0 Å². The normalized spacial score (nSPS) is 10.4. The summed E-state index contributed by atoms with van der Waals surface area (Å²) in [7, 11) is 5.56. The molecule has 1 N–H and O–H groups in total. The zero-order valence-corrected chi connectivity index (χ0v) is 13.6. The molecule has 108 valence electrons. The molecule has 0 aliphatic heterocycles. The Balaban J connectivity index is 2.14. The lowest BCUT2D eigenvalue weighted by atomic mass is 10.2. The van der Waals surface area contributed by atoms with Crippen LogP contribution in [-0.2, 0) is 6.54 Å². The predicted octanol–water partition coefficient (Wildman–Crippen LogP) is 3.79. The van der Waals surface area contributed by atoms with Crippen molar-refractivity contribution in [2.45, 2.75) is 13.5 Å². The molecule has 1 heterocycles. The number of aromatic nitrogens is 1. The molecule has 0 spiro atoms. The first-order chi connectivity index (χ1) is 9.51. The molecule has 1 aromatic carbocycles. The van der Waals surface area contributed by atoms with E-state index in [0.717, 1.165) is 26.3 Å². The van der Waals surface area contributed by atoms with Crippen molar-refractivity contribution in [2.24, 2.45) is 0 Å². The van der Waals surface area contributed by atoms with Gasteiger partial charge in [0.2, 0.25) is 5.88 Å². The zero-order valence-electron chi connectivity index (χ0n) is 12.0. The SMILES string of the molecule is COc1nc(N(C)C)sc1CNc1ccc(C)cc1Cl. The van der Waals surface area contributed by atoms with E-state index < -0.39 is 0 Å². The highest BCUT2D eigenvalue weighted by Gasteiger charge is 2.13. The molecule has 0 aliphatic carbocycles. The number of anilines is 2. The first kappa shape index (κ1) is 14.9. The number of hydrogen-bond acceptors (Lipinski definition) is 5. The van der Waals surface area contributed by atoms with Crippen LogP contribution < -0.4 is 15.0 Å². The standard InChI is InChI=1S/C14H18ClN3OS/c1-9-5-6-11(10(15)7-9)16-8-12-13(19-4)17-14(20-12)18(2)3/h5-7,16H,8H2,1-4H3. The van der Waals surface area contributed by atoms with E-state index in [-0.39, 0.29) is 0 Å². The second kappa shape index (κ2) is 6.33. The Labute approximate surface area is 128 Å². The van der Waals surface area contributed by atoms with Crippen molar-refractivity contribution in [3.8, 4) is 5.88 Å². The molecule has 0 bridgehead atoms. The summed E-state index contributed by atoms with van der Waals surface area (Å²) in [4.78, 5) is 7.44. The molecule has 0 atom stereocenters. The third kappa shape index (κ3) is 3.35. The molecular formula is C14H18ClN3OS. The van der Waals surface area contributed by atoms with Crippen LogP contribution in [-0.4, -0.2) is 26.2 Å². The molecule has 6 heteroatoms. The molecule has 0 unspecified atom stereocenters. The summed E-state index contributed by atoms with van der Waals surface area (Å²) in [5, 5.41) is 4.97. The van der Waals surface area contributed by atoms with Crippen LogP contribution in [0.5, 0.6) is 5.88 Å². The predicted molar refractivity (Wildman–Crippen MR) is 86.5 cm³/mol. The van der Waals surface area contributed by atoms with Crippen molar-refractivity contribution in [3.05, 3.63) is 33.7 Å².